The molecule has 0 spiro atoms. The second-order valence-electron chi connectivity index (χ2n) is 5.97. The zero-order valence-electron chi connectivity index (χ0n) is 10.2. The Hall–Kier alpha value is -0.770. The molecule has 2 amide bonds. The first-order chi connectivity index (χ1) is 6.63. The maximum absolute atomic E-state index is 11.6. The molecule has 1 rings (SSSR count). The minimum Gasteiger partial charge on any atom is -0.392 e. The van der Waals surface area contributed by atoms with Gasteiger partial charge in [0.2, 0.25) is 0 Å². The Morgan fingerprint density at radius 3 is 2.27 bits per heavy atom. The van der Waals surface area contributed by atoms with Crippen LogP contribution in [0.25, 0.3) is 0 Å². The van der Waals surface area contributed by atoms with Gasteiger partial charge in [-0.2, -0.15) is 0 Å². The Balaban J connectivity index is 2.41. The summed E-state index contributed by atoms with van der Waals surface area (Å²) in [6.07, 6.45) is 0.335. The van der Waals surface area contributed by atoms with Gasteiger partial charge in [0, 0.05) is 17.0 Å². The summed E-state index contributed by atoms with van der Waals surface area (Å²) in [4.78, 5) is 11.6. The maximum Gasteiger partial charge on any atom is 0.315 e. The fourth-order valence-electron chi connectivity index (χ4n) is 1.68. The Labute approximate surface area is 91.4 Å². The van der Waals surface area contributed by atoms with Gasteiger partial charge in [-0.1, -0.05) is 13.8 Å². The first-order valence-electron chi connectivity index (χ1n) is 5.39. The highest BCUT2D eigenvalue weighted by molar-refractivity contribution is 5.75. The number of hydrogen-bond donors (Lipinski definition) is 3. The number of aliphatic hydroxyl groups excluding tert-OH is 1. The Morgan fingerprint density at radius 1 is 1.40 bits per heavy atom. The molecule has 0 aromatic heterocycles. The third-order valence-electron chi connectivity index (χ3n) is 3.01. The minimum atomic E-state index is -0.308. The van der Waals surface area contributed by atoms with Crippen molar-refractivity contribution >= 4 is 6.03 Å². The van der Waals surface area contributed by atoms with Crippen LogP contribution in [0, 0.1) is 5.41 Å². The first kappa shape index (κ1) is 12.3. The molecule has 1 aliphatic carbocycles. The first-order valence-corrected chi connectivity index (χ1v) is 5.39. The fourth-order valence-corrected chi connectivity index (χ4v) is 1.68. The fraction of sp³-hybridized carbons (Fsp3) is 0.909. The Bertz CT molecular complexity index is 256. The molecule has 2 atom stereocenters. The van der Waals surface area contributed by atoms with Crippen molar-refractivity contribution in [2.75, 3.05) is 0 Å². The molecule has 3 N–H and O–H groups in total. The summed E-state index contributed by atoms with van der Waals surface area (Å²) in [5.74, 6) is 0. The van der Waals surface area contributed by atoms with Crippen LogP contribution in [0.15, 0.2) is 0 Å². The third kappa shape index (κ3) is 2.84. The van der Waals surface area contributed by atoms with Crippen LogP contribution >= 0.6 is 0 Å². The van der Waals surface area contributed by atoms with Gasteiger partial charge in [0.1, 0.15) is 0 Å². The summed E-state index contributed by atoms with van der Waals surface area (Å²) >= 11 is 0. The van der Waals surface area contributed by atoms with Crippen LogP contribution < -0.4 is 10.6 Å². The molecule has 88 valence electrons. The molecule has 0 aromatic rings. The van der Waals surface area contributed by atoms with Crippen LogP contribution in [0.4, 0.5) is 4.79 Å². The second-order valence-corrected chi connectivity index (χ2v) is 5.97. The van der Waals surface area contributed by atoms with Crippen LogP contribution in [0.5, 0.6) is 0 Å². The van der Waals surface area contributed by atoms with Crippen LogP contribution in [0.3, 0.4) is 0 Å². The third-order valence-corrected chi connectivity index (χ3v) is 3.01. The van der Waals surface area contributed by atoms with Gasteiger partial charge in [0.25, 0.3) is 0 Å². The average Bonchev–Trinajstić information content (AvgIpc) is 2.00. The zero-order valence-corrected chi connectivity index (χ0v) is 10.2. The van der Waals surface area contributed by atoms with Crippen LogP contribution in [-0.2, 0) is 0 Å². The Kier molecular flexibility index (Phi) is 3.01. The Morgan fingerprint density at radius 2 is 1.93 bits per heavy atom. The van der Waals surface area contributed by atoms with Crippen molar-refractivity contribution in [1.29, 1.82) is 0 Å². The molecule has 4 heteroatoms. The predicted octanol–water partition coefficient (Wildman–Crippen LogP) is 1.24. The second kappa shape index (κ2) is 3.67. The summed E-state index contributed by atoms with van der Waals surface area (Å²) in [5.41, 5.74) is -0.439. The topological polar surface area (TPSA) is 61.4 Å². The van der Waals surface area contributed by atoms with Gasteiger partial charge in [0.05, 0.1) is 6.10 Å². The highest BCUT2D eigenvalue weighted by Crippen LogP contribution is 2.40. The van der Waals surface area contributed by atoms with Crippen LogP contribution in [0.2, 0.25) is 0 Å². The number of nitrogens with one attached hydrogen (secondary N) is 2. The number of carbonyl (C=O) groups is 1. The van der Waals surface area contributed by atoms with E-state index in [1.54, 1.807) is 0 Å². The van der Waals surface area contributed by atoms with Crippen LogP contribution in [0.1, 0.15) is 41.0 Å². The molecule has 2 unspecified atom stereocenters. The van der Waals surface area contributed by atoms with Crippen molar-refractivity contribution in [3.63, 3.8) is 0 Å². The van der Waals surface area contributed by atoms with Crippen molar-refractivity contribution in [2.24, 2.45) is 5.41 Å². The van der Waals surface area contributed by atoms with Crippen molar-refractivity contribution in [2.45, 2.75) is 58.7 Å². The molecule has 0 aromatic carbocycles. The molecule has 1 aliphatic rings. The van der Waals surface area contributed by atoms with Gasteiger partial charge in [0.15, 0.2) is 0 Å². The highest BCUT2D eigenvalue weighted by atomic mass is 16.3. The standard InChI is InChI=1S/C11H22N2O2/c1-10(2,3)13-9(15)12-7-6-8(14)11(7,4)5/h7-8,14H,6H2,1-5H3,(H2,12,13,15). The van der Waals surface area contributed by atoms with E-state index in [0.717, 1.165) is 0 Å². The van der Waals surface area contributed by atoms with Gasteiger partial charge >= 0.3 is 6.03 Å². The lowest BCUT2D eigenvalue weighted by atomic mass is 9.64. The number of aliphatic hydroxyl groups is 1. The van der Waals surface area contributed by atoms with Crippen molar-refractivity contribution in [3.8, 4) is 0 Å². The average molecular weight is 214 g/mol. The summed E-state index contributed by atoms with van der Waals surface area (Å²) in [7, 11) is 0. The number of hydrogen-bond acceptors (Lipinski definition) is 2. The van der Waals surface area contributed by atoms with E-state index in [4.69, 9.17) is 0 Å². The van der Waals surface area contributed by atoms with Gasteiger partial charge in [-0.25, -0.2) is 4.79 Å². The van der Waals surface area contributed by atoms with E-state index >= 15 is 0 Å². The van der Waals surface area contributed by atoms with E-state index in [1.807, 2.05) is 34.6 Å². The molecule has 0 bridgehead atoms. The lowest BCUT2D eigenvalue weighted by Crippen LogP contribution is -2.63. The normalized spacial score (nSPS) is 29.2. The SMILES string of the molecule is CC(C)(C)NC(=O)NC1CC(O)C1(C)C. The summed E-state index contributed by atoms with van der Waals surface area (Å²) in [5, 5.41) is 15.2. The van der Waals surface area contributed by atoms with Gasteiger partial charge in [-0.05, 0) is 27.2 Å². The molecule has 0 aliphatic heterocycles. The molecular weight excluding hydrogens is 192 g/mol. The number of rotatable bonds is 1. The van der Waals surface area contributed by atoms with E-state index in [2.05, 4.69) is 10.6 Å². The van der Waals surface area contributed by atoms with Crippen molar-refractivity contribution in [3.05, 3.63) is 0 Å². The summed E-state index contributed by atoms with van der Waals surface area (Å²) in [6.45, 7) is 9.74. The number of carbonyl (C=O) groups excluding carboxylic acids is 1. The van der Waals surface area contributed by atoms with Gasteiger partial charge < -0.3 is 15.7 Å². The quantitative estimate of drug-likeness (QED) is 0.615. The smallest absolute Gasteiger partial charge is 0.315 e. The van der Waals surface area contributed by atoms with Gasteiger partial charge in [-0.3, -0.25) is 0 Å². The molecule has 0 heterocycles. The van der Waals surface area contributed by atoms with Crippen LogP contribution in [-0.4, -0.2) is 28.8 Å². The van der Waals surface area contributed by atoms with E-state index in [9.17, 15) is 9.90 Å². The number of amides is 2. The monoisotopic (exact) mass is 214 g/mol. The lowest BCUT2D eigenvalue weighted by molar-refractivity contribution is -0.0679. The molecule has 1 saturated carbocycles. The minimum absolute atomic E-state index is 0.0647. The lowest BCUT2D eigenvalue weighted by Gasteiger charge is -2.49. The zero-order chi connectivity index (χ0) is 11.9. The van der Waals surface area contributed by atoms with E-state index in [-0.39, 0.29) is 29.1 Å². The molecule has 0 saturated heterocycles. The molecule has 15 heavy (non-hydrogen) atoms. The van der Waals surface area contributed by atoms with Crippen molar-refractivity contribution < 1.29 is 9.90 Å². The number of urea groups is 1. The molecule has 1 fully saturated rings. The van der Waals surface area contributed by atoms with E-state index < -0.39 is 0 Å². The van der Waals surface area contributed by atoms with Crippen molar-refractivity contribution in [1.82, 2.24) is 10.6 Å². The maximum atomic E-state index is 11.6. The largest absolute Gasteiger partial charge is 0.392 e. The summed E-state index contributed by atoms with van der Waals surface area (Å²) in [6, 6.07) is -0.0951. The molecular formula is C11H22N2O2. The van der Waals surface area contributed by atoms with Gasteiger partial charge in [-0.15, -0.1) is 0 Å². The highest BCUT2D eigenvalue weighted by Gasteiger charge is 2.48. The predicted molar refractivity (Wildman–Crippen MR) is 59.6 cm³/mol. The summed E-state index contributed by atoms with van der Waals surface area (Å²) < 4.78 is 0. The van der Waals surface area contributed by atoms with E-state index in [1.165, 1.54) is 0 Å². The molecule has 4 nitrogen and oxygen atoms in total. The van der Waals surface area contributed by atoms with E-state index in [0.29, 0.717) is 6.42 Å². The molecule has 0 radical (unpaired) electrons.